The summed E-state index contributed by atoms with van der Waals surface area (Å²) < 4.78 is 11.9. The summed E-state index contributed by atoms with van der Waals surface area (Å²) >= 11 is 1.50. The van der Waals surface area contributed by atoms with Gasteiger partial charge in [0.2, 0.25) is 5.91 Å². The zero-order valence-electron chi connectivity index (χ0n) is 16.7. The van der Waals surface area contributed by atoms with Gasteiger partial charge in [-0.1, -0.05) is 0 Å². The summed E-state index contributed by atoms with van der Waals surface area (Å²) in [4.78, 5) is 32.2. The van der Waals surface area contributed by atoms with Crippen LogP contribution in [0.25, 0.3) is 10.2 Å². The molecule has 0 aliphatic heterocycles. The molecule has 2 heterocycles. The van der Waals surface area contributed by atoms with Crippen LogP contribution in [0.3, 0.4) is 0 Å². The largest absolute Gasteiger partial charge is 0.493 e. The summed E-state index contributed by atoms with van der Waals surface area (Å²) in [6, 6.07) is 4.38. The second kappa shape index (κ2) is 7.63. The summed E-state index contributed by atoms with van der Waals surface area (Å²) in [5.74, 6) is 1.27. The van der Waals surface area contributed by atoms with Gasteiger partial charge in [0.1, 0.15) is 16.7 Å². The number of aromatic nitrogens is 2. The van der Waals surface area contributed by atoms with Crippen molar-refractivity contribution in [3.8, 4) is 11.5 Å². The molecule has 0 radical (unpaired) electrons. The number of thiophene rings is 1. The van der Waals surface area contributed by atoms with E-state index in [0.717, 1.165) is 10.4 Å². The number of nitrogens with zero attached hydrogens (tertiary/aromatic N) is 2. The topological polar surface area (TPSA) is 82.5 Å². The lowest BCUT2D eigenvalue weighted by atomic mass is 10.2. The van der Waals surface area contributed by atoms with Crippen LogP contribution in [-0.2, 0) is 4.79 Å². The van der Waals surface area contributed by atoms with E-state index in [2.05, 4.69) is 10.3 Å². The van der Waals surface area contributed by atoms with Gasteiger partial charge >= 0.3 is 0 Å². The zero-order chi connectivity index (χ0) is 20.6. The van der Waals surface area contributed by atoms with Crippen LogP contribution in [-0.4, -0.2) is 29.7 Å². The minimum Gasteiger partial charge on any atom is -0.493 e. The van der Waals surface area contributed by atoms with Crippen molar-refractivity contribution in [2.75, 3.05) is 19.5 Å². The highest BCUT2D eigenvalue weighted by Gasteiger charge is 2.22. The van der Waals surface area contributed by atoms with Crippen molar-refractivity contribution in [2.45, 2.75) is 33.7 Å². The van der Waals surface area contributed by atoms with Gasteiger partial charge < -0.3 is 14.8 Å². The Hall–Kier alpha value is -2.87. The van der Waals surface area contributed by atoms with E-state index in [1.165, 1.54) is 23.0 Å². The minimum absolute atomic E-state index is 0.195. The molecule has 1 unspecified atom stereocenters. The molecule has 0 saturated carbocycles. The number of anilines is 1. The van der Waals surface area contributed by atoms with Gasteiger partial charge in [0.25, 0.3) is 5.56 Å². The molecular formula is C20H23N3O4S. The predicted octanol–water partition coefficient (Wildman–Crippen LogP) is 3.60. The van der Waals surface area contributed by atoms with Crippen LogP contribution in [0, 0.1) is 20.8 Å². The van der Waals surface area contributed by atoms with E-state index in [-0.39, 0.29) is 11.5 Å². The Balaban J connectivity index is 1.96. The van der Waals surface area contributed by atoms with Crippen LogP contribution in [0.4, 0.5) is 5.69 Å². The second-order valence-electron chi connectivity index (χ2n) is 6.53. The van der Waals surface area contributed by atoms with Crippen LogP contribution >= 0.6 is 11.3 Å². The molecule has 1 N–H and O–H groups in total. The number of rotatable bonds is 5. The lowest BCUT2D eigenvalue weighted by Crippen LogP contribution is -2.33. The van der Waals surface area contributed by atoms with Crippen LogP contribution < -0.4 is 20.3 Å². The Bertz CT molecular complexity index is 1120. The summed E-state index contributed by atoms with van der Waals surface area (Å²) in [6.45, 7) is 7.30. The van der Waals surface area contributed by atoms with E-state index in [0.29, 0.717) is 33.2 Å². The van der Waals surface area contributed by atoms with Crippen LogP contribution in [0.1, 0.15) is 29.2 Å². The van der Waals surface area contributed by atoms with E-state index < -0.39 is 6.04 Å². The molecule has 148 valence electrons. The molecule has 0 spiro atoms. The number of methoxy groups -OCH3 is 2. The molecule has 0 fully saturated rings. The number of hydrogen-bond acceptors (Lipinski definition) is 6. The number of benzene rings is 1. The van der Waals surface area contributed by atoms with Crippen molar-refractivity contribution in [1.82, 2.24) is 9.55 Å². The Morgan fingerprint density at radius 1 is 1.18 bits per heavy atom. The number of hydrogen-bond donors (Lipinski definition) is 1. The maximum atomic E-state index is 13.1. The predicted molar refractivity (Wildman–Crippen MR) is 111 cm³/mol. The maximum Gasteiger partial charge on any atom is 0.263 e. The molecule has 0 bridgehead atoms. The fourth-order valence-electron chi connectivity index (χ4n) is 3.14. The lowest BCUT2D eigenvalue weighted by Gasteiger charge is -2.18. The first-order chi connectivity index (χ1) is 13.3. The smallest absolute Gasteiger partial charge is 0.263 e. The third-order valence-corrected chi connectivity index (χ3v) is 5.93. The number of amides is 1. The van der Waals surface area contributed by atoms with Crippen molar-refractivity contribution in [2.24, 2.45) is 0 Å². The summed E-state index contributed by atoms with van der Waals surface area (Å²) in [6.07, 6.45) is 0. The first-order valence-electron chi connectivity index (χ1n) is 8.80. The van der Waals surface area contributed by atoms with Crippen LogP contribution in [0.2, 0.25) is 0 Å². The van der Waals surface area contributed by atoms with Gasteiger partial charge in [-0.2, -0.15) is 0 Å². The second-order valence-corrected chi connectivity index (χ2v) is 7.74. The quantitative estimate of drug-likeness (QED) is 0.706. The molecule has 28 heavy (non-hydrogen) atoms. The Morgan fingerprint density at radius 3 is 2.50 bits per heavy atom. The molecular weight excluding hydrogens is 378 g/mol. The van der Waals surface area contributed by atoms with E-state index >= 15 is 0 Å². The third kappa shape index (κ3) is 3.35. The SMILES string of the molecule is COc1ccc(NC(=O)C(C)n2c(C)nc3sc(C)c(C)c3c2=O)cc1OC. The number of fused-ring (bicyclic) bond motifs is 1. The van der Waals surface area contributed by atoms with Gasteiger partial charge in [0.05, 0.1) is 19.6 Å². The highest BCUT2D eigenvalue weighted by Crippen LogP contribution is 2.30. The van der Waals surface area contributed by atoms with Crippen molar-refractivity contribution in [3.05, 3.63) is 44.8 Å². The molecule has 1 aromatic carbocycles. The zero-order valence-corrected chi connectivity index (χ0v) is 17.6. The van der Waals surface area contributed by atoms with E-state index in [1.54, 1.807) is 39.2 Å². The van der Waals surface area contributed by atoms with E-state index in [1.807, 2.05) is 13.8 Å². The van der Waals surface area contributed by atoms with Gasteiger partial charge in [-0.3, -0.25) is 14.2 Å². The fourth-order valence-corrected chi connectivity index (χ4v) is 4.21. The average molecular weight is 401 g/mol. The standard InChI is InChI=1S/C20H23N3O4S/c1-10-12(3)28-19-17(10)20(25)23(13(4)21-19)11(2)18(24)22-14-7-8-15(26-5)16(9-14)27-6/h7-9,11H,1-6H3,(H,22,24). The molecule has 8 heteroatoms. The van der Waals surface area contributed by atoms with Gasteiger partial charge in [-0.25, -0.2) is 4.98 Å². The van der Waals surface area contributed by atoms with Gasteiger partial charge in [0, 0.05) is 16.6 Å². The van der Waals surface area contributed by atoms with E-state index in [9.17, 15) is 9.59 Å². The Kier molecular flexibility index (Phi) is 5.42. The van der Waals surface area contributed by atoms with Gasteiger partial charge in [0.15, 0.2) is 11.5 Å². The first-order valence-corrected chi connectivity index (χ1v) is 9.61. The lowest BCUT2D eigenvalue weighted by molar-refractivity contribution is -0.118. The molecule has 0 aliphatic rings. The third-order valence-electron chi connectivity index (χ3n) is 4.83. The van der Waals surface area contributed by atoms with Crippen LogP contribution in [0.15, 0.2) is 23.0 Å². The molecule has 0 aliphatic carbocycles. The highest BCUT2D eigenvalue weighted by molar-refractivity contribution is 7.18. The minimum atomic E-state index is -0.725. The van der Waals surface area contributed by atoms with Crippen molar-refractivity contribution in [1.29, 1.82) is 0 Å². The Labute approximate surface area is 166 Å². The molecule has 3 aromatic rings. The molecule has 7 nitrogen and oxygen atoms in total. The summed E-state index contributed by atoms with van der Waals surface area (Å²) in [5, 5.41) is 3.41. The molecule has 1 amide bonds. The molecule has 2 aromatic heterocycles. The average Bonchev–Trinajstić information content (AvgIpc) is 2.95. The maximum absolute atomic E-state index is 13.1. The molecule has 1 atom stereocenters. The first kappa shape index (κ1) is 19.9. The molecule has 0 saturated heterocycles. The van der Waals surface area contributed by atoms with Crippen molar-refractivity contribution >= 4 is 33.1 Å². The van der Waals surface area contributed by atoms with Crippen molar-refractivity contribution in [3.63, 3.8) is 0 Å². The van der Waals surface area contributed by atoms with E-state index in [4.69, 9.17) is 9.47 Å². The normalized spacial score (nSPS) is 12.1. The summed E-state index contributed by atoms with van der Waals surface area (Å²) in [7, 11) is 3.08. The van der Waals surface area contributed by atoms with Gasteiger partial charge in [-0.05, 0) is 45.4 Å². The molecule has 3 rings (SSSR count). The number of carbonyl (C=O) groups excluding carboxylic acids is 1. The summed E-state index contributed by atoms with van der Waals surface area (Å²) in [5.41, 5.74) is 1.27. The van der Waals surface area contributed by atoms with Gasteiger partial charge in [-0.15, -0.1) is 11.3 Å². The van der Waals surface area contributed by atoms with Crippen LogP contribution in [0.5, 0.6) is 11.5 Å². The Morgan fingerprint density at radius 2 is 1.86 bits per heavy atom. The fraction of sp³-hybridized carbons (Fsp3) is 0.350. The monoisotopic (exact) mass is 401 g/mol. The number of carbonyl (C=O) groups is 1. The number of nitrogens with one attached hydrogen (secondary N) is 1. The van der Waals surface area contributed by atoms with Crippen molar-refractivity contribution < 1.29 is 14.3 Å². The number of aryl methyl sites for hydroxylation is 3. The number of ether oxygens (including phenoxy) is 2. The highest BCUT2D eigenvalue weighted by atomic mass is 32.1.